The molecule has 0 amide bonds. The summed E-state index contributed by atoms with van der Waals surface area (Å²) in [7, 11) is 0. The number of nitrogens with one attached hydrogen (secondary N) is 2. The maximum atomic E-state index is 14.2. The second-order valence-corrected chi connectivity index (χ2v) is 9.11. The first-order valence-electron chi connectivity index (χ1n) is 10.9. The van der Waals surface area contributed by atoms with Gasteiger partial charge in [0.1, 0.15) is 5.82 Å². The van der Waals surface area contributed by atoms with Gasteiger partial charge in [0.25, 0.3) is 0 Å². The lowest BCUT2D eigenvalue weighted by molar-refractivity contribution is 0.581. The van der Waals surface area contributed by atoms with E-state index in [4.69, 9.17) is 23.8 Å². The second kappa shape index (κ2) is 9.95. The van der Waals surface area contributed by atoms with Crippen LogP contribution < -0.4 is 10.6 Å². The number of hydrogen-bond acceptors (Lipinski definition) is 3. The van der Waals surface area contributed by atoms with Crippen molar-refractivity contribution in [3.8, 4) is 0 Å². The number of aromatic nitrogens is 4. The maximum absolute atomic E-state index is 14.2. The van der Waals surface area contributed by atoms with Gasteiger partial charge in [-0.2, -0.15) is 10.2 Å². The van der Waals surface area contributed by atoms with Crippen LogP contribution in [0.1, 0.15) is 33.8 Å². The Morgan fingerprint density at radius 1 is 0.971 bits per heavy atom. The first-order valence-corrected chi connectivity index (χ1v) is 11.6. The Bertz CT molecular complexity index is 1320. The summed E-state index contributed by atoms with van der Waals surface area (Å²) in [6, 6.07) is 14.9. The van der Waals surface area contributed by atoms with Crippen LogP contribution in [0.25, 0.3) is 0 Å². The number of thiocarbonyl (C=S) groups is 1. The molecular formula is C25H26ClFN6S. The SMILES string of the molecule is Cc1ccc(Cn2nc(C)c(NC(=S)Nc3cc(C)n(Cc4c(F)cccc4Cl)n3)c2C)cc1. The third-order valence-corrected chi connectivity index (χ3v) is 6.22. The quantitative estimate of drug-likeness (QED) is 0.320. The topological polar surface area (TPSA) is 59.7 Å². The minimum atomic E-state index is -0.359. The largest absolute Gasteiger partial charge is 0.329 e. The number of hydrogen-bond donors (Lipinski definition) is 2. The molecule has 0 aliphatic rings. The Labute approximate surface area is 208 Å². The molecule has 0 atom stereocenters. The van der Waals surface area contributed by atoms with Crippen LogP contribution in [0.3, 0.4) is 0 Å². The maximum Gasteiger partial charge on any atom is 0.176 e. The highest BCUT2D eigenvalue weighted by molar-refractivity contribution is 7.80. The van der Waals surface area contributed by atoms with Crippen LogP contribution in [0, 0.1) is 33.5 Å². The lowest BCUT2D eigenvalue weighted by Crippen LogP contribution is -2.20. The molecule has 0 saturated heterocycles. The van der Waals surface area contributed by atoms with Gasteiger partial charge in [-0.05, 0) is 57.6 Å². The molecule has 6 nitrogen and oxygen atoms in total. The van der Waals surface area contributed by atoms with Crippen LogP contribution in [0.5, 0.6) is 0 Å². The first-order chi connectivity index (χ1) is 16.2. The Morgan fingerprint density at radius 3 is 2.41 bits per heavy atom. The summed E-state index contributed by atoms with van der Waals surface area (Å²) in [5.74, 6) is 0.201. The van der Waals surface area contributed by atoms with Crippen LogP contribution >= 0.6 is 23.8 Å². The van der Waals surface area contributed by atoms with Crippen molar-refractivity contribution in [2.45, 2.75) is 40.8 Å². The molecule has 0 fully saturated rings. The third-order valence-electron chi connectivity index (χ3n) is 5.67. The van der Waals surface area contributed by atoms with Gasteiger partial charge in [-0.1, -0.05) is 47.5 Å². The Kier molecular flexibility index (Phi) is 7.00. The molecule has 0 spiro atoms. The van der Waals surface area contributed by atoms with E-state index in [1.54, 1.807) is 16.8 Å². The van der Waals surface area contributed by atoms with Crippen molar-refractivity contribution in [1.82, 2.24) is 19.6 Å². The lowest BCUT2D eigenvalue weighted by atomic mass is 10.1. The average Bonchev–Trinajstić information content (AvgIpc) is 3.25. The van der Waals surface area contributed by atoms with Crippen LogP contribution in [0.15, 0.2) is 48.5 Å². The predicted octanol–water partition coefficient (Wildman–Crippen LogP) is 6.01. The fourth-order valence-electron chi connectivity index (χ4n) is 3.72. The van der Waals surface area contributed by atoms with E-state index < -0.39 is 0 Å². The van der Waals surface area contributed by atoms with Crippen LogP contribution in [0.4, 0.5) is 15.9 Å². The predicted molar refractivity (Wildman–Crippen MR) is 139 cm³/mol. The van der Waals surface area contributed by atoms with E-state index in [0.717, 1.165) is 22.8 Å². The molecule has 2 aromatic carbocycles. The summed E-state index contributed by atoms with van der Waals surface area (Å²) < 4.78 is 17.8. The van der Waals surface area contributed by atoms with E-state index in [-0.39, 0.29) is 12.4 Å². The highest BCUT2D eigenvalue weighted by Crippen LogP contribution is 2.23. The van der Waals surface area contributed by atoms with Crippen molar-refractivity contribution < 1.29 is 4.39 Å². The second-order valence-electron chi connectivity index (χ2n) is 8.30. The standard InChI is InChI=1S/C25H26ClFN6S/c1-15-8-10-19(11-9-15)13-33-18(4)24(17(3)30-33)29-25(34)28-23-12-16(2)32(31-23)14-20-21(26)6-5-7-22(20)27/h5-12H,13-14H2,1-4H3,(H2,28,29,31,34). The Hall–Kier alpha value is -3.23. The minimum Gasteiger partial charge on any atom is -0.329 e. The zero-order valence-electron chi connectivity index (χ0n) is 19.5. The van der Waals surface area contributed by atoms with Crippen LogP contribution in [-0.2, 0) is 13.1 Å². The summed E-state index contributed by atoms with van der Waals surface area (Å²) >= 11 is 11.7. The van der Waals surface area contributed by atoms with Gasteiger partial charge in [-0.25, -0.2) is 4.39 Å². The molecule has 0 bridgehead atoms. The minimum absolute atomic E-state index is 0.225. The zero-order valence-corrected chi connectivity index (χ0v) is 21.1. The molecule has 0 radical (unpaired) electrons. The fourth-order valence-corrected chi connectivity index (χ4v) is 4.15. The van der Waals surface area contributed by atoms with E-state index in [1.807, 2.05) is 31.5 Å². The average molecular weight is 497 g/mol. The smallest absolute Gasteiger partial charge is 0.176 e. The molecule has 34 heavy (non-hydrogen) atoms. The summed E-state index contributed by atoms with van der Waals surface area (Å²) in [5, 5.41) is 16.3. The van der Waals surface area contributed by atoms with Gasteiger partial charge in [-0.15, -0.1) is 0 Å². The molecule has 0 unspecified atom stereocenters. The van der Waals surface area contributed by atoms with Gasteiger partial charge in [0, 0.05) is 22.3 Å². The number of anilines is 2. The van der Waals surface area contributed by atoms with Crippen molar-refractivity contribution in [3.05, 3.63) is 93.1 Å². The summed E-state index contributed by atoms with van der Waals surface area (Å²) in [6.07, 6.45) is 0. The molecule has 2 aromatic heterocycles. The molecule has 4 aromatic rings. The monoisotopic (exact) mass is 496 g/mol. The molecule has 4 rings (SSSR count). The van der Waals surface area contributed by atoms with Gasteiger partial charge < -0.3 is 10.6 Å². The number of halogens is 2. The molecule has 0 aliphatic heterocycles. The van der Waals surface area contributed by atoms with E-state index in [9.17, 15) is 4.39 Å². The molecule has 2 N–H and O–H groups in total. The van der Waals surface area contributed by atoms with Gasteiger partial charge >= 0.3 is 0 Å². The fraction of sp³-hybridized carbons (Fsp3) is 0.240. The van der Waals surface area contributed by atoms with Crippen molar-refractivity contribution >= 4 is 40.4 Å². The van der Waals surface area contributed by atoms with Gasteiger partial charge in [-0.3, -0.25) is 9.36 Å². The van der Waals surface area contributed by atoms with Gasteiger partial charge in [0.05, 0.1) is 30.2 Å². The number of rotatable bonds is 6. The highest BCUT2D eigenvalue weighted by atomic mass is 35.5. The van der Waals surface area contributed by atoms with E-state index in [0.29, 0.717) is 28.1 Å². The number of aryl methyl sites for hydroxylation is 3. The van der Waals surface area contributed by atoms with Crippen molar-refractivity contribution in [3.63, 3.8) is 0 Å². The first kappa shape index (κ1) is 23.9. The summed E-state index contributed by atoms with van der Waals surface area (Å²) in [4.78, 5) is 0. The zero-order chi connectivity index (χ0) is 24.4. The van der Waals surface area contributed by atoms with Gasteiger partial charge in [0.2, 0.25) is 0 Å². The molecule has 0 saturated carbocycles. The van der Waals surface area contributed by atoms with Crippen molar-refractivity contribution in [1.29, 1.82) is 0 Å². The number of nitrogens with zero attached hydrogens (tertiary/aromatic N) is 4. The van der Waals surface area contributed by atoms with Crippen LogP contribution in [0.2, 0.25) is 5.02 Å². The molecule has 176 valence electrons. The van der Waals surface area contributed by atoms with Crippen molar-refractivity contribution in [2.75, 3.05) is 10.6 Å². The van der Waals surface area contributed by atoms with Crippen molar-refractivity contribution in [2.24, 2.45) is 0 Å². The molecule has 2 heterocycles. The summed E-state index contributed by atoms with van der Waals surface area (Å²) in [5.41, 5.74) is 6.35. The highest BCUT2D eigenvalue weighted by Gasteiger charge is 2.15. The lowest BCUT2D eigenvalue weighted by Gasteiger charge is -2.10. The Balaban J connectivity index is 1.45. The van der Waals surface area contributed by atoms with Gasteiger partial charge in [0.15, 0.2) is 10.9 Å². The number of benzene rings is 2. The van der Waals surface area contributed by atoms with E-state index >= 15 is 0 Å². The Morgan fingerprint density at radius 2 is 1.71 bits per heavy atom. The third kappa shape index (κ3) is 5.29. The summed E-state index contributed by atoms with van der Waals surface area (Å²) in [6.45, 7) is 8.83. The normalized spacial score (nSPS) is 11.0. The molecule has 9 heteroatoms. The van der Waals surface area contributed by atoms with E-state index in [1.165, 1.54) is 17.2 Å². The van der Waals surface area contributed by atoms with Crippen LogP contribution in [-0.4, -0.2) is 24.7 Å². The molecular weight excluding hydrogens is 471 g/mol. The molecule has 0 aliphatic carbocycles. The van der Waals surface area contributed by atoms with E-state index in [2.05, 4.69) is 52.0 Å².